The summed E-state index contributed by atoms with van der Waals surface area (Å²) in [7, 11) is 3.06. The molecule has 29 heavy (non-hydrogen) atoms. The van der Waals surface area contributed by atoms with E-state index in [2.05, 4.69) is 10.6 Å². The Balaban J connectivity index is 1.52. The highest BCUT2D eigenvalue weighted by Gasteiger charge is 2.31. The van der Waals surface area contributed by atoms with E-state index >= 15 is 0 Å². The molecule has 0 aliphatic carbocycles. The highest BCUT2D eigenvalue weighted by atomic mass is 32.2. The molecule has 1 heterocycles. The fourth-order valence-electron chi connectivity index (χ4n) is 2.99. The molecule has 0 saturated carbocycles. The van der Waals surface area contributed by atoms with E-state index < -0.39 is 0 Å². The van der Waals surface area contributed by atoms with Gasteiger partial charge in [0.05, 0.1) is 25.0 Å². The lowest BCUT2D eigenvalue weighted by Crippen LogP contribution is -2.26. The molecule has 0 radical (unpaired) electrons. The molecule has 1 atom stereocenters. The van der Waals surface area contributed by atoms with Crippen molar-refractivity contribution >= 4 is 28.8 Å². The normalized spacial score (nSPS) is 15.7. The van der Waals surface area contributed by atoms with E-state index in [0.29, 0.717) is 36.4 Å². The Morgan fingerprint density at radius 1 is 1.07 bits per heavy atom. The Kier molecular flexibility index (Phi) is 6.77. The number of carbonyl (C=O) groups is 3. The molecule has 1 fully saturated rings. The summed E-state index contributed by atoms with van der Waals surface area (Å²) in [6.45, 7) is 0.466. The average molecular weight is 414 g/mol. The van der Waals surface area contributed by atoms with Crippen molar-refractivity contribution in [2.45, 2.75) is 18.1 Å². The molecule has 1 aliphatic heterocycles. The minimum absolute atomic E-state index is 0.230. The van der Waals surface area contributed by atoms with E-state index in [-0.39, 0.29) is 22.3 Å². The van der Waals surface area contributed by atoms with Crippen molar-refractivity contribution in [3.8, 4) is 11.5 Å². The molecule has 0 aromatic heterocycles. The third-order valence-corrected chi connectivity index (χ3v) is 5.54. The number of hydrogen-bond donors (Lipinski definition) is 2. The first-order valence-corrected chi connectivity index (χ1v) is 9.97. The van der Waals surface area contributed by atoms with E-state index in [9.17, 15) is 14.4 Å². The van der Waals surface area contributed by atoms with Crippen LogP contribution in [-0.4, -0.2) is 43.1 Å². The minimum atomic E-state index is -0.370. The van der Waals surface area contributed by atoms with Gasteiger partial charge in [-0.15, -0.1) is 0 Å². The lowest BCUT2D eigenvalue weighted by atomic mass is 10.1. The fourth-order valence-corrected chi connectivity index (χ4v) is 3.85. The predicted octanol–water partition coefficient (Wildman–Crippen LogP) is 2.57. The Morgan fingerprint density at radius 3 is 2.41 bits per heavy atom. The van der Waals surface area contributed by atoms with Crippen molar-refractivity contribution in [1.82, 2.24) is 10.6 Å². The van der Waals surface area contributed by atoms with Gasteiger partial charge in [0, 0.05) is 6.54 Å². The molecule has 0 spiro atoms. The first-order valence-electron chi connectivity index (χ1n) is 9.09. The largest absolute Gasteiger partial charge is 0.497 e. The Bertz CT molecular complexity index is 914. The van der Waals surface area contributed by atoms with Crippen LogP contribution in [0.25, 0.3) is 0 Å². The number of imide groups is 1. The summed E-state index contributed by atoms with van der Waals surface area (Å²) in [4.78, 5) is 35.4. The Labute approximate surface area is 173 Å². The lowest BCUT2D eigenvalue weighted by Gasteiger charge is -2.11. The predicted molar refractivity (Wildman–Crippen MR) is 111 cm³/mol. The molecule has 2 aromatic carbocycles. The fraction of sp³-hybridized carbons (Fsp3) is 0.286. The van der Waals surface area contributed by atoms with Crippen LogP contribution in [0.2, 0.25) is 0 Å². The molecule has 1 aliphatic rings. The van der Waals surface area contributed by atoms with Gasteiger partial charge in [-0.05, 0) is 42.2 Å². The molecular formula is C21H22N2O5S. The zero-order valence-corrected chi connectivity index (χ0v) is 17.0. The number of thioether (sulfide) groups is 1. The molecule has 3 rings (SSSR count). The van der Waals surface area contributed by atoms with Crippen LogP contribution in [0.3, 0.4) is 0 Å². The smallest absolute Gasteiger partial charge is 0.286 e. The molecule has 8 heteroatoms. The van der Waals surface area contributed by atoms with Crippen LogP contribution in [0.1, 0.15) is 21.5 Å². The van der Waals surface area contributed by atoms with E-state index in [1.807, 2.05) is 24.3 Å². The van der Waals surface area contributed by atoms with Gasteiger partial charge in [-0.1, -0.05) is 36.0 Å². The van der Waals surface area contributed by atoms with Crippen LogP contribution < -0.4 is 20.1 Å². The third-order valence-electron chi connectivity index (χ3n) is 4.56. The summed E-state index contributed by atoms with van der Waals surface area (Å²) < 4.78 is 10.4. The van der Waals surface area contributed by atoms with Gasteiger partial charge in [-0.25, -0.2) is 0 Å². The van der Waals surface area contributed by atoms with Crippen LogP contribution >= 0.6 is 11.8 Å². The Hall–Kier alpha value is -3.00. The monoisotopic (exact) mass is 414 g/mol. The topological polar surface area (TPSA) is 93.7 Å². The van der Waals surface area contributed by atoms with Crippen molar-refractivity contribution < 1.29 is 23.9 Å². The summed E-state index contributed by atoms with van der Waals surface area (Å²) in [6.07, 6.45) is 1.17. The van der Waals surface area contributed by atoms with Gasteiger partial charge in [-0.2, -0.15) is 0 Å². The van der Waals surface area contributed by atoms with Crippen molar-refractivity contribution in [3.05, 3.63) is 59.2 Å². The summed E-state index contributed by atoms with van der Waals surface area (Å²) in [5.74, 6) is 0.605. The molecule has 0 bridgehead atoms. The van der Waals surface area contributed by atoms with E-state index in [4.69, 9.17) is 9.47 Å². The zero-order valence-electron chi connectivity index (χ0n) is 16.2. The van der Waals surface area contributed by atoms with E-state index in [1.54, 1.807) is 25.3 Å². The van der Waals surface area contributed by atoms with Crippen molar-refractivity contribution in [1.29, 1.82) is 0 Å². The van der Waals surface area contributed by atoms with Crippen molar-refractivity contribution in [2.24, 2.45) is 0 Å². The van der Waals surface area contributed by atoms with Gasteiger partial charge < -0.3 is 14.8 Å². The molecule has 2 aromatic rings. The summed E-state index contributed by atoms with van der Waals surface area (Å²) in [6, 6.07) is 12.9. The van der Waals surface area contributed by atoms with Gasteiger partial charge in [-0.3, -0.25) is 19.7 Å². The maximum absolute atomic E-state index is 12.5. The maximum atomic E-state index is 12.5. The number of carbonyl (C=O) groups excluding carboxylic acids is 3. The molecule has 1 saturated heterocycles. The summed E-state index contributed by atoms with van der Waals surface area (Å²) in [5.41, 5.74) is 2.47. The van der Waals surface area contributed by atoms with Gasteiger partial charge in [0.25, 0.3) is 11.1 Å². The molecule has 3 amide bonds. The molecule has 7 nitrogen and oxygen atoms in total. The van der Waals surface area contributed by atoms with Crippen molar-refractivity contribution in [3.63, 3.8) is 0 Å². The first kappa shape index (κ1) is 20.7. The number of rotatable bonds is 8. The van der Waals surface area contributed by atoms with Gasteiger partial charge in [0.1, 0.15) is 11.5 Å². The van der Waals surface area contributed by atoms with Gasteiger partial charge in [0.2, 0.25) is 5.91 Å². The number of hydrogen-bond acceptors (Lipinski definition) is 6. The standard InChI is InChI=1S/C21H22N2O5S/c1-27-15-7-8-17(28-2)16(12-15)19(24)22-10-9-13-3-5-14(6-4-13)11-18-20(25)23-21(26)29-18/h3-8,12,18H,9-11H2,1-2H3,(H,22,24)(H,23,25,26). The van der Waals surface area contributed by atoms with Crippen LogP contribution in [0.5, 0.6) is 11.5 Å². The van der Waals surface area contributed by atoms with E-state index in [1.165, 1.54) is 7.11 Å². The lowest BCUT2D eigenvalue weighted by molar-refractivity contribution is -0.118. The van der Waals surface area contributed by atoms with Crippen LogP contribution in [0.4, 0.5) is 4.79 Å². The molecule has 2 N–H and O–H groups in total. The molecular weight excluding hydrogens is 392 g/mol. The maximum Gasteiger partial charge on any atom is 0.286 e. The second kappa shape index (κ2) is 9.47. The summed E-state index contributed by atoms with van der Waals surface area (Å²) in [5, 5.41) is 4.52. The highest BCUT2D eigenvalue weighted by molar-refractivity contribution is 8.15. The van der Waals surface area contributed by atoms with E-state index in [0.717, 1.165) is 22.9 Å². The third kappa shape index (κ3) is 5.29. The Morgan fingerprint density at radius 2 is 1.79 bits per heavy atom. The van der Waals surface area contributed by atoms with Gasteiger partial charge >= 0.3 is 0 Å². The number of methoxy groups -OCH3 is 2. The number of benzene rings is 2. The quantitative estimate of drug-likeness (QED) is 0.690. The SMILES string of the molecule is COc1ccc(OC)c(C(=O)NCCc2ccc(CC3SC(=O)NC3=O)cc2)c1. The van der Waals surface area contributed by atoms with Crippen LogP contribution in [0.15, 0.2) is 42.5 Å². The average Bonchev–Trinajstić information content (AvgIpc) is 3.05. The van der Waals surface area contributed by atoms with Gasteiger partial charge in [0.15, 0.2) is 0 Å². The van der Waals surface area contributed by atoms with Crippen LogP contribution in [0, 0.1) is 0 Å². The number of nitrogens with one attached hydrogen (secondary N) is 2. The van der Waals surface area contributed by atoms with Crippen molar-refractivity contribution in [2.75, 3.05) is 20.8 Å². The minimum Gasteiger partial charge on any atom is -0.497 e. The molecule has 1 unspecified atom stereocenters. The second-order valence-electron chi connectivity index (χ2n) is 6.48. The number of amides is 3. The zero-order chi connectivity index (χ0) is 20.8. The molecule has 152 valence electrons. The second-order valence-corrected chi connectivity index (χ2v) is 7.65. The summed E-state index contributed by atoms with van der Waals surface area (Å²) >= 11 is 1.03. The first-order chi connectivity index (χ1) is 14.0. The highest BCUT2D eigenvalue weighted by Crippen LogP contribution is 2.24. The number of ether oxygens (including phenoxy) is 2. The van der Waals surface area contributed by atoms with Crippen LogP contribution in [-0.2, 0) is 17.6 Å².